The Bertz CT molecular complexity index is 160. The summed E-state index contributed by atoms with van der Waals surface area (Å²) in [5.74, 6) is 0.351. The summed E-state index contributed by atoms with van der Waals surface area (Å²) in [6.07, 6.45) is 2.26. The van der Waals surface area contributed by atoms with Gasteiger partial charge >= 0.3 is 0 Å². The molecule has 1 atom stereocenters. The number of nitrogens with zero attached hydrogens (tertiary/aromatic N) is 1. The Morgan fingerprint density at radius 3 is 2.25 bits per heavy atom. The van der Waals surface area contributed by atoms with Crippen molar-refractivity contribution in [2.24, 2.45) is 5.92 Å². The van der Waals surface area contributed by atoms with E-state index in [1.165, 1.54) is 0 Å². The number of alkyl halides is 1. The molecule has 1 saturated heterocycles. The fourth-order valence-electron chi connectivity index (χ4n) is 1.40. The smallest absolute Gasteiger partial charge is 0.240 e. The van der Waals surface area contributed by atoms with Gasteiger partial charge in [-0.1, -0.05) is 13.8 Å². The van der Waals surface area contributed by atoms with Crippen LogP contribution in [0.4, 0.5) is 0 Å². The monoisotopic (exact) mass is 189 g/mol. The quantitative estimate of drug-likeness (QED) is 0.608. The summed E-state index contributed by atoms with van der Waals surface area (Å²) >= 11 is 5.96. The SMILES string of the molecule is CC(C)C(Cl)C(=O)N1CCCC1. The largest absolute Gasteiger partial charge is 0.341 e. The standard InChI is InChI=1S/C9H16ClNO/c1-7(2)8(10)9(12)11-5-3-4-6-11/h7-8H,3-6H2,1-2H3. The molecule has 1 amide bonds. The van der Waals surface area contributed by atoms with E-state index in [1.807, 2.05) is 18.7 Å². The molecular formula is C9H16ClNO. The Morgan fingerprint density at radius 1 is 1.33 bits per heavy atom. The van der Waals surface area contributed by atoms with Crippen LogP contribution in [0.25, 0.3) is 0 Å². The van der Waals surface area contributed by atoms with Crippen LogP contribution in [0, 0.1) is 5.92 Å². The van der Waals surface area contributed by atoms with Gasteiger partial charge in [0.05, 0.1) is 0 Å². The maximum absolute atomic E-state index is 11.6. The lowest BCUT2D eigenvalue weighted by Gasteiger charge is -2.20. The fourth-order valence-corrected chi connectivity index (χ4v) is 1.54. The maximum atomic E-state index is 11.6. The summed E-state index contributed by atoms with van der Waals surface area (Å²) in [5.41, 5.74) is 0. The van der Waals surface area contributed by atoms with Gasteiger partial charge in [-0.15, -0.1) is 11.6 Å². The van der Waals surface area contributed by atoms with Crippen LogP contribution >= 0.6 is 11.6 Å². The van der Waals surface area contributed by atoms with Crippen molar-refractivity contribution in [3.05, 3.63) is 0 Å². The van der Waals surface area contributed by atoms with Crippen molar-refractivity contribution in [1.82, 2.24) is 4.90 Å². The molecule has 1 rings (SSSR count). The highest BCUT2D eigenvalue weighted by Crippen LogP contribution is 2.16. The molecule has 3 heteroatoms. The molecule has 1 heterocycles. The van der Waals surface area contributed by atoms with Crippen molar-refractivity contribution < 1.29 is 4.79 Å². The minimum Gasteiger partial charge on any atom is -0.341 e. The van der Waals surface area contributed by atoms with E-state index in [0.29, 0.717) is 0 Å². The molecule has 0 bridgehead atoms. The number of likely N-dealkylation sites (tertiary alicyclic amines) is 1. The fraction of sp³-hybridized carbons (Fsp3) is 0.889. The zero-order chi connectivity index (χ0) is 9.14. The zero-order valence-electron chi connectivity index (χ0n) is 7.72. The summed E-state index contributed by atoms with van der Waals surface area (Å²) in [6, 6.07) is 0. The molecule has 0 radical (unpaired) electrons. The third-order valence-electron chi connectivity index (χ3n) is 2.24. The number of halogens is 1. The van der Waals surface area contributed by atoms with E-state index in [2.05, 4.69) is 0 Å². The number of rotatable bonds is 2. The molecule has 0 aromatic carbocycles. The van der Waals surface area contributed by atoms with Gasteiger partial charge in [-0.25, -0.2) is 0 Å². The molecule has 1 aliphatic heterocycles. The van der Waals surface area contributed by atoms with E-state index in [9.17, 15) is 4.79 Å². The first-order valence-corrected chi connectivity index (χ1v) is 4.99. The van der Waals surface area contributed by atoms with E-state index in [0.717, 1.165) is 25.9 Å². The average molecular weight is 190 g/mol. The highest BCUT2D eigenvalue weighted by atomic mass is 35.5. The van der Waals surface area contributed by atoms with Crippen LogP contribution in [-0.2, 0) is 4.79 Å². The van der Waals surface area contributed by atoms with Gasteiger partial charge in [0, 0.05) is 13.1 Å². The van der Waals surface area contributed by atoms with Gasteiger partial charge < -0.3 is 4.90 Å². The third-order valence-corrected chi connectivity index (χ3v) is 2.93. The maximum Gasteiger partial charge on any atom is 0.240 e. The predicted molar refractivity (Wildman–Crippen MR) is 50.3 cm³/mol. The van der Waals surface area contributed by atoms with E-state index < -0.39 is 0 Å². The summed E-state index contributed by atoms with van der Waals surface area (Å²) in [4.78, 5) is 13.5. The molecule has 1 unspecified atom stereocenters. The third kappa shape index (κ3) is 2.13. The molecule has 2 nitrogen and oxygen atoms in total. The molecule has 0 aromatic rings. The van der Waals surface area contributed by atoms with E-state index in [-0.39, 0.29) is 17.2 Å². The summed E-state index contributed by atoms with van der Waals surface area (Å²) in [7, 11) is 0. The van der Waals surface area contributed by atoms with Gasteiger partial charge in [0.2, 0.25) is 5.91 Å². The first kappa shape index (κ1) is 9.85. The molecule has 70 valence electrons. The molecule has 1 aliphatic rings. The Hall–Kier alpha value is -0.240. The van der Waals surface area contributed by atoms with E-state index >= 15 is 0 Å². The molecule has 0 saturated carbocycles. The zero-order valence-corrected chi connectivity index (χ0v) is 8.47. The van der Waals surface area contributed by atoms with Crippen LogP contribution in [0.1, 0.15) is 26.7 Å². The first-order valence-electron chi connectivity index (χ1n) is 4.56. The van der Waals surface area contributed by atoms with Crippen molar-refractivity contribution in [3.8, 4) is 0 Å². The predicted octanol–water partition coefficient (Wildman–Crippen LogP) is 1.87. The Labute approximate surface area is 78.9 Å². The van der Waals surface area contributed by atoms with Crippen molar-refractivity contribution >= 4 is 17.5 Å². The topological polar surface area (TPSA) is 20.3 Å². The highest BCUT2D eigenvalue weighted by molar-refractivity contribution is 6.30. The molecule has 12 heavy (non-hydrogen) atoms. The van der Waals surface area contributed by atoms with Crippen LogP contribution in [0.15, 0.2) is 0 Å². The van der Waals surface area contributed by atoms with Gasteiger partial charge in [0.25, 0.3) is 0 Å². The Morgan fingerprint density at radius 2 is 1.83 bits per heavy atom. The highest BCUT2D eigenvalue weighted by Gasteiger charge is 2.26. The molecule has 1 fully saturated rings. The second-order valence-electron chi connectivity index (χ2n) is 3.68. The van der Waals surface area contributed by atoms with Crippen molar-refractivity contribution in [3.63, 3.8) is 0 Å². The molecule has 0 aliphatic carbocycles. The lowest BCUT2D eigenvalue weighted by molar-refractivity contribution is -0.130. The Kier molecular flexibility index (Phi) is 3.39. The number of hydrogen-bond donors (Lipinski definition) is 0. The lowest BCUT2D eigenvalue weighted by atomic mass is 10.1. The molecular weight excluding hydrogens is 174 g/mol. The molecule has 0 aromatic heterocycles. The van der Waals surface area contributed by atoms with Crippen molar-refractivity contribution in [2.45, 2.75) is 32.1 Å². The first-order chi connectivity index (χ1) is 5.63. The van der Waals surface area contributed by atoms with Crippen molar-refractivity contribution in [1.29, 1.82) is 0 Å². The summed E-state index contributed by atoms with van der Waals surface area (Å²) in [6.45, 7) is 5.75. The number of amides is 1. The Balaban J connectivity index is 2.45. The molecule has 0 N–H and O–H groups in total. The van der Waals surface area contributed by atoms with Gasteiger partial charge in [0.15, 0.2) is 0 Å². The number of carbonyl (C=O) groups is 1. The van der Waals surface area contributed by atoms with Gasteiger partial charge in [-0.3, -0.25) is 4.79 Å². The van der Waals surface area contributed by atoms with Crippen LogP contribution in [0.5, 0.6) is 0 Å². The van der Waals surface area contributed by atoms with Crippen molar-refractivity contribution in [2.75, 3.05) is 13.1 Å². The average Bonchev–Trinajstić information content (AvgIpc) is 2.53. The van der Waals surface area contributed by atoms with Gasteiger partial charge in [0.1, 0.15) is 5.38 Å². The normalized spacial score (nSPS) is 20.2. The van der Waals surface area contributed by atoms with Crippen LogP contribution in [-0.4, -0.2) is 29.3 Å². The van der Waals surface area contributed by atoms with Crippen LogP contribution in [0.2, 0.25) is 0 Å². The van der Waals surface area contributed by atoms with Gasteiger partial charge in [-0.2, -0.15) is 0 Å². The van der Waals surface area contributed by atoms with E-state index in [4.69, 9.17) is 11.6 Å². The number of hydrogen-bond acceptors (Lipinski definition) is 1. The van der Waals surface area contributed by atoms with E-state index in [1.54, 1.807) is 0 Å². The van der Waals surface area contributed by atoms with Crippen LogP contribution < -0.4 is 0 Å². The lowest BCUT2D eigenvalue weighted by Crippen LogP contribution is -2.36. The van der Waals surface area contributed by atoms with Crippen LogP contribution in [0.3, 0.4) is 0 Å². The number of carbonyl (C=O) groups excluding carboxylic acids is 1. The van der Waals surface area contributed by atoms with Gasteiger partial charge in [-0.05, 0) is 18.8 Å². The molecule has 0 spiro atoms. The summed E-state index contributed by atoms with van der Waals surface area (Å²) < 4.78 is 0. The minimum absolute atomic E-state index is 0.115. The second kappa shape index (κ2) is 4.13. The summed E-state index contributed by atoms with van der Waals surface area (Å²) in [5, 5.41) is -0.330. The second-order valence-corrected chi connectivity index (χ2v) is 4.15. The minimum atomic E-state index is -0.330.